The summed E-state index contributed by atoms with van der Waals surface area (Å²) in [7, 11) is 0. The van der Waals surface area contributed by atoms with E-state index in [1.54, 1.807) is 4.68 Å². The van der Waals surface area contributed by atoms with Crippen LogP contribution < -0.4 is 0 Å². The molecular weight excluding hydrogens is 356 g/mol. The Hall–Kier alpha value is -3.13. The lowest BCUT2D eigenvalue weighted by Crippen LogP contribution is -2.42. The van der Waals surface area contributed by atoms with E-state index < -0.39 is 0 Å². The van der Waals surface area contributed by atoms with E-state index in [2.05, 4.69) is 27.7 Å². The van der Waals surface area contributed by atoms with Crippen molar-refractivity contribution in [3.63, 3.8) is 0 Å². The molecule has 0 unspecified atom stereocenters. The second kappa shape index (κ2) is 8.71. The minimum absolute atomic E-state index is 0.0734. The molecule has 4 rings (SSSR count). The zero-order valence-electron chi connectivity index (χ0n) is 15.5. The van der Waals surface area contributed by atoms with E-state index >= 15 is 0 Å². The molecule has 0 spiro atoms. The van der Waals surface area contributed by atoms with Gasteiger partial charge in [0.15, 0.2) is 0 Å². The van der Waals surface area contributed by atoms with E-state index in [1.807, 2.05) is 41.3 Å². The van der Waals surface area contributed by atoms with E-state index in [0.717, 1.165) is 17.8 Å². The molecular formula is C20H22N6O2. The summed E-state index contributed by atoms with van der Waals surface area (Å²) in [6.45, 7) is 2.08. The largest absolute Gasteiger partial charge is 0.368 e. The molecule has 28 heavy (non-hydrogen) atoms. The Morgan fingerprint density at radius 3 is 2.86 bits per heavy atom. The van der Waals surface area contributed by atoms with Gasteiger partial charge in [0.05, 0.1) is 25.4 Å². The predicted octanol–water partition coefficient (Wildman–Crippen LogP) is 1.65. The molecule has 1 amide bonds. The topological polar surface area (TPSA) is 86.0 Å². The average molecular weight is 378 g/mol. The molecule has 1 atom stereocenters. The number of tetrazole rings is 1. The summed E-state index contributed by atoms with van der Waals surface area (Å²) in [6.07, 6.45) is 2.44. The van der Waals surface area contributed by atoms with Crippen molar-refractivity contribution in [3.8, 4) is 0 Å². The summed E-state index contributed by atoms with van der Waals surface area (Å²) in [5.41, 5.74) is 3.08. The number of morpholine rings is 1. The standard InChI is InChI=1S/C20H22N6O2/c27-20(9-10-26-15-21-23-24-26)25-11-12-28-19(14-25)18-8-4-7-17(22-18)13-16-5-2-1-3-6-16/h1-8,15,19H,9-14H2/t19-/m1/s1. The molecule has 1 aromatic carbocycles. The Morgan fingerprint density at radius 1 is 1.14 bits per heavy atom. The number of nitrogens with zero attached hydrogens (tertiary/aromatic N) is 6. The quantitative estimate of drug-likeness (QED) is 0.648. The Morgan fingerprint density at radius 2 is 2.04 bits per heavy atom. The van der Waals surface area contributed by atoms with Crippen LogP contribution in [0.1, 0.15) is 29.5 Å². The third kappa shape index (κ3) is 4.58. The highest BCUT2D eigenvalue weighted by atomic mass is 16.5. The van der Waals surface area contributed by atoms with Crippen molar-refractivity contribution in [3.05, 3.63) is 71.8 Å². The molecule has 3 heterocycles. The fourth-order valence-electron chi connectivity index (χ4n) is 3.29. The lowest BCUT2D eigenvalue weighted by molar-refractivity contribution is -0.139. The molecule has 1 aliphatic heterocycles. The van der Waals surface area contributed by atoms with Crippen molar-refractivity contribution in [2.24, 2.45) is 0 Å². The molecule has 2 aromatic heterocycles. The van der Waals surface area contributed by atoms with Crippen molar-refractivity contribution in [1.29, 1.82) is 0 Å². The first-order valence-electron chi connectivity index (χ1n) is 9.38. The molecule has 1 aliphatic rings. The zero-order valence-corrected chi connectivity index (χ0v) is 15.5. The van der Waals surface area contributed by atoms with Gasteiger partial charge in [0.25, 0.3) is 0 Å². The maximum atomic E-state index is 12.5. The predicted molar refractivity (Wildman–Crippen MR) is 101 cm³/mol. The van der Waals surface area contributed by atoms with E-state index in [9.17, 15) is 4.79 Å². The number of ether oxygens (including phenoxy) is 1. The minimum atomic E-state index is -0.207. The van der Waals surface area contributed by atoms with Crippen LogP contribution in [0, 0.1) is 0 Å². The summed E-state index contributed by atoms with van der Waals surface area (Å²) >= 11 is 0. The smallest absolute Gasteiger partial charge is 0.224 e. The summed E-state index contributed by atoms with van der Waals surface area (Å²) in [6, 6.07) is 16.2. The van der Waals surface area contributed by atoms with Gasteiger partial charge in [0.2, 0.25) is 5.91 Å². The molecule has 0 radical (unpaired) electrons. The second-order valence-electron chi connectivity index (χ2n) is 6.74. The molecule has 0 bridgehead atoms. The molecule has 1 saturated heterocycles. The highest BCUT2D eigenvalue weighted by Crippen LogP contribution is 2.22. The average Bonchev–Trinajstić information content (AvgIpc) is 3.27. The lowest BCUT2D eigenvalue weighted by atomic mass is 10.1. The van der Waals surface area contributed by atoms with Crippen LogP contribution in [0.4, 0.5) is 0 Å². The van der Waals surface area contributed by atoms with Crippen molar-refractivity contribution in [2.75, 3.05) is 19.7 Å². The van der Waals surface area contributed by atoms with Gasteiger partial charge in [-0.15, -0.1) is 5.10 Å². The van der Waals surface area contributed by atoms with Gasteiger partial charge >= 0.3 is 0 Å². The van der Waals surface area contributed by atoms with Gasteiger partial charge < -0.3 is 9.64 Å². The Balaban J connectivity index is 1.38. The molecule has 8 heteroatoms. The second-order valence-corrected chi connectivity index (χ2v) is 6.74. The summed E-state index contributed by atoms with van der Waals surface area (Å²) < 4.78 is 7.47. The third-order valence-corrected chi connectivity index (χ3v) is 4.75. The lowest BCUT2D eigenvalue weighted by Gasteiger charge is -2.33. The van der Waals surface area contributed by atoms with Gasteiger partial charge in [-0.25, -0.2) is 4.68 Å². The van der Waals surface area contributed by atoms with Gasteiger partial charge in [-0.1, -0.05) is 36.4 Å². The molecule has 144 valence electrons. The van der Waals surface area contributed by atoms with Crippen LogP contribution >= 0.6 is 0 Å². The van der Waals surface area contributed by atoms with Gasteiger partial charge in [0.1, 0.15) is 12.4 Å². The van der Waals surface area contributed by atoms with Crippen LogP contribution in [0.15, 0.2) is 54.9 Å². The third-order valence-electron chi connectivity index (χ3n) is 4.75. The molecule has 3 aromatic rings. The number of aromatic nitrogens is 5. The first kappa shape index (κ1) is 18.2. The van der Waals surface area contributed by atoms with Gasteiger partial charge in [-0.3, -0.25) is 9.78 Å². The van der Waals surface area contributed by atoms with E-state index in [-0.39, 0.29) is 12.0 Å². The highest BCUT2D eigenvalue weighted by molar-refractivity contribution is 5.76. The van der Waals surface area contributed by atoms with Crippen molar-refractivity contribution in [2.45, 2.75) is 25.5 Å². The minimum Gasteiger partial charge on any atom is -0.368 e. The van der Waals surface area contributed by atoms with Gasteiger partial charge in [-0.2, -0.15) is 0 Å². The van der Waals surface area contributed by atoms with Crippen LogP contribution in [-0.2, 0) is 22.5 Å². The summed E-state index contributed by atoms with van der Waals surface area (Å²) in [5.74, 6) is 0.0734. The molecule has 1 fully saturated rings. The van der Waals surface area contributed by atoms with Crippen LogP contribution in [0.2, 0.25) is 0 Å². The Labute approximate surface area is 163 Å². The van der Waals surface area contributed by atoms with E-state index in [0.29, 0.717) is 32.7 Å². The van der Waals surface area contributed by atoms with Crippen LogP contribution in [-0.4, -0.2) is 55.7 Å². The van der Waals surface area contributed by atoms with E-state index in [1.165, 1.54) is 11.9 Å². The Bertz CT molecular complexity index is 900. The number of hydrogen-bond donors (Lipinski definition) is 0. The SMILES string of the molecule is O=C(CCn1cnnn1)N1CCO[C@@H](c2cccc(Cc3ccccc3)n2)C1. The summed E-state index contributed by atoms with van der Waals surface area (Å²) in [5, 5.41) is 11.0. The first-order valence-corrected chi connectivity index (χ1v) is 9.38. The molecule has 8 nitrogen and oxygen atoms in total. The highest BCUT2D eigenvalue weighted by Gasteiger charge is 2.26. The maximum Gasteiger partial charge on any atom is 0.224 e. The first-order chi connectivity index (χ1) is 13.8. The molecule has 0 aliphatic carbocycles. The van der Waals surface area contributed by atoms with Gasteiger partial charge in [0, 0.05) is 25.1 Å². The monoisotopic (exact) mass is 378 g/mol. The van der Waals surface area contributed by atoms with Crippen molar-refractivity contribution >= 4 is 5.91 Å². The zero-order chi connectivity index (χ0) is 19.2. The number of pyridine rings is 1. The molecule has 0 saturated carbocycles. The number of carbonyl (C=O) groups is 1. The normalized spacial score (nSPS) is 16.9. The van der Waals surface area contributed by atoms with Crippen LogP contribution in [0.25, 0.3) is 0 Å². The fraction of sp³-hybridized carbons (Fsp3) is 0.350. The van der Waals surface area contributed by atoms with Crippen molar-refractivity contribution < 1.29 is 9.53 Å². The number of carbonyl (C=O) groups excluding carboxylic acids is 1. The molecule has 0 N–H and O–H groups in total. The number of rotatable bonds is 6. The van der Waals surface area contributed by atoms with Crippen LogP contribution in [0.3, 0.4) is 0 Å². The van der Waals surface area contributed by atoms with Crippen molar-refractivity contribution in [1.82, 2.24) is 30.1 Å². The van der Waals surface area contributed by atoms with Crippen LogP contribution in [0.5, 0.6) is 0 Å². The number of amides is 1. The number of aryl methyl sites for hydroxylation is 1. The summed E-state index contributed by atoms with van der Waals surface area (Å²) in [4.78, 5) is 19.2. The van der Waals surface area contributed by atoms with E-state index in [4.69, 9.17) is 9.72 Å². The number of hydrogen-bond acceptors (Lipinski definition) is 6. The van der Waals surface area contributed by atoms with Gasteiger partial charge in [-0.05, 0) is 28.1 Å². The number of benzene rings is 1. The Kier molecular flexibility index (Phi) is 5.67. The fourth-order valence-corrected chi connectivity index (χ4v) is 3.29. The maximum absolute atomic E-state index is 12.5.